The number of hydrazone groups is 1. The number of amides is 1. The topological polar surface area (TPSA) is 106 Å². The molecule has 14 heteroatoms. The third-order valence-electron chi connectivity index (χ3n) is 4.79. The van der Waals surface area contributed by atoms with Gasteiger partial charge in [0, 0.05) is 38.1 Å². The zero-order valence-corrected chi connectivity index (χ0v) is 16.7. The van der Waals surface area contributed by atoms with E-state index in [4.69, 9.17) is 5.41 Å². The van der Waals surface area contributed by atoms with Crippen LogP contribution in [0, 0.1) is 11.2 Å². The van der Waals surface area contributed by atoms with Gasteiger partial charge >= 0.3 is 6.18 Å². The average Bonchev–Trinajstić information content (AvgIpc) is 3.06. The van der Waals surface area contributed by atoms with E-state index in [0.717, 1.165) is 35.5 Å². The molecule has 1 aliphatic rings. The molecule has 0 bridgehead atoms. The molecule has 3 N–H and O–H groups in total. The summed E-state index contributed by atoms with van der Waals surface area (Å²) in [6.07, 6.45) is -2.41. The SMILES string of the molecule is N=C/C=N\Nc1cc(F)ccc1C(=O)N1CCC(F)(F)C1CNc1ncc(C(F)(F)F)cn1. The Kier molecular flexibility index (Phi) is 6.84. The lowest BCUT2D eigenvalue weighted by molar-refractivity contribution is -0.138. The predicted octanol–water partition coefficient (Wildman–Crippen LogP) is 3.64. The summed E-state index contributed by atoms with van der Waals surface area (Å²) >= 11 is 0. The first kappa shape index (κ1) is 23.9. The van der Waals surface area contributed by atoms with Gasteiger partial charge in [-0.3, -0.25) is 10.2 Å². The van der Waals surface area contributed by atoms with Gasteiger partial charge in [0.1, 0.15) is 11.9 Å². The maximum absolute atomic E-state index is 14.5. The number of aromatic nitrogens is 2. The molecular weight excluding hydrogens is 456 g/mol. The number of benzene rings is 1. The molecule has 8 nitrogen and oxygen atoms in total. The van der Waals surface area contributed by atoms with Crippen molar-refractivity contribution in [2.75, 3.05) is 23.8 Å². The van der Waals surface area contributed by atoms with E-state index >= 15 is 0 Å². The van der Waals surface area contributed by atoms with Crippen LogP contribution in [0.25, 0.3) is 0 Å². The predicted molar refractivity (Wildman–Crippen MR) is 107 cm³/mol. The molecule has 1 fully saturated rings. The van der Waals surface area contributed by atoms with E-state index in [1.54, 1.807) is 0 Å². The average molecular weight is 473 g/mol. The Morgan fingerprint density at radius 1 is 1.30 bits per heavy atom. The molecule has 1 aromatic heterocycles. The Bertz CT molecular complexity index is 1040. The summed E-state index contributed by atoms with van der Waals surface area (Å²) in [7, 11) is 0. The summed E-state index contributed by atoms with van der Waals surface area (Å²) in [6.45, 7) is -0.855. The number of alkyl halides is 5. The van der Waals surface area contributed by atoms with E-state index in [0.29, 0.717) is 12.4 Å². The molecule has 2 heterocycles. The zero-order valence-electron chi connectivity index (χ0n) is 16.7. The number of hydrogen-bond acceptors (Lipinski definition) is 7. The number of anilines is 2. The fourth-order valence-electron chi connectivity index (χ4n) is 3.17. The molecule has 33 heavy (non-hydrogen) atoms. The van der Waals surface area contributed by atoms with Gasteiger partial charge in [0.05, 0.1) is 23.0 Å². The fourth-order valence-corrected chi connectivity index (χ4v) is 3.17. The minimum absolute atomic E-state index is 0.0916. The first-order valence-electron chi connectivity index (χ1n) is 9.42. The highest BCUT2D eigenvalue weighted by Gasteiger charge is 2.50. The number of nitrogens with zero attached hydrogens (tertiary/aromatic N) is 4. The lowest BCUT2D eigenvalue weighted by Gasteiger charge is -2.28. The van der Waals surface area contributed by atoms with Crippen molar-refractivity contribution in [3.63, 3.8) is 0 Å². The van der Waals surface area contributed by atoms with Crippen LogP contribution >= 0.6 is 0 Å². The van der Waals surface area contributed by atoms with Crippen LogP contribution in [0.4, 0.5) is 38.0 Å². The molecule has 1 amide bonds. The summed E-state index contributed by atoms with van der Waals surface area (Å²) in [4.78, 5) is 20.9. The molecule has 2 aromatic rings. The second-order valence-corrected chi connectivity index (χ2v) is 6.95. The lowest BCUT2D eigenvalue weighted by Crippen LogP contribution is -2.47. The minimum Gasteiger partial charge on any atom is -0.352 e. The summed E-state index contributed by atoms with van der Waals surface area (Å²) in [5.41, 5.74) is 1.06. The quantitative estimate of drug-likeness (QED) is 0.324. The molecule has 1 saturated heterocycles. The number of carbonyl (C=O) groups excluding carboxylic acids is 1. The molecule has 0 spiro atoms. The second kappa shape index (κ2) is 9.42. The molecule has 3 rings (SSSR count). The largest absolute Gasteiger partial charge is 0.419 e. The maximum Gasteiger partial charge on any atom is 0.419 e. The highest BCUT2D eigenvalue weighted by Crippen LogP contribution is 2.36. The molecule has 1 atom stereocenters. The van der Waals surface area contributed by atoms with Gasteiger partial charge in [-0.1, -0.05) is 0 Å². The van der Waals surface area contributed by atoms with Crippen LogP contribution in [-0.4, -0.2) is 58.3 Å². The first-order valence-corrected chi connectivity index (χ1v) is 9.42. The van der Waals surface area contributed by atoms with Gasteiger partial charge in [0.2, 0.25) is 5.95 Å². The monoisotopic (exact) mass is 473 g/mol. The highest BCUT2D eigenvalue weighted by molar-refractivity contribution is 6.14. The van der Waals surface area contributed by atoms with Gasteiger partial charge in [-0.15, -0.1) is 0 Å². The Morgan fingerprint density at radius 3 is 2.64 bits per heavy atom. The van der Waals surface area contributed by atoms with Crippen molar-refractivity contribution in [1.82, 2.24) is 14.9 Å². The number of halogens is 6. The summed E-state index contributed by atoms with van der Waals surface area (Å²) in [5.74, 6) is -5.16. The number of likely N-dealkylation sites (tertiary alicyclic amines) is 1. The van der Waals surface area contributed by atoms with Crippen LogP contribution in [0.5, 0.6) is 0 Å². The van der Waals surface area contributed by atoms with Crippen LogP contribution in [0.2, 0.25) is 0 Å². The van der Waals surface area contributed by atoms with E-state index in [-0.39, 0.29) is 23.7 Å². The van der Waals surface area contributed by atoms with Gasteiger partial charge in [-0.25, -0.2) is 23.1 Å². The Labute approximate surface area is 183 Å². The molecule has 1 aliphatic heterocycles. The van der Waals surface area contributed by atoms with E-state index in [1.807, 2.05) is 0 Å². The number of carbonyl (C=O) groups is 1. The molecule has 1 aromatic carbocycles. The second-order valence-electron chi connectivity index (χ2n) is 6.95. The van der Waals surface area contributed by atoms with Crippen molar-refractivity contribution in [1.29, 1.82) is 5.41 Å². The van der Waals surface area contributed by atoms with Crippen LogP contribution in [-0.2, 0) is 6.18 Å². The first-order chi connectivity index (χ1) is 15.5. The van der Waals surface area contributed by atoms with Crippen molar-refractivity contribution < 1.29 is 31.1 Å². The summed E-state index contributed by atoms with van der Waals surface area (Å²) in [6, 6.07) is 1.38. The minimum atomic E-state index is -4.65. The Balaban J connectivity index is 1.79. The van der Waals surface area contributed by atoms with Gasteiger partial charge in [-0.2, -0.15) is 18.3 Å². The molecule has 0 radical (unpaired) electrons. The molecule has 1 unspecified atom stereocenters. The molecule has 0 aliphatic carbocycles. The fraction of sp³-hybridized carbons (Fsp3) is 0.316. The van der Waals surface area contributed by atoms with E-state index in [1.165, 1.54) is 0 Å². The summed E-state index contributed by atoms with van der Waals surface area (Å²) < 4.78 is 80.5. The Hall–Kier alpha value is -3.71. The highest BCUT2D eigenvalue weighted by atomic mass is 19.4. The van der Waals surface area contributed by atoms with Crippen molar-refractivity contribution in [2.24, 2.45) is 5.10 Å². The third-order valence-corrected chi connectivity index (χ3v) is 4.79. The van der Waals surface area contributed by atoms with E-state index in [2.05, 4.69) is 25.8 Å². The van der Waals surface area contributed by atoms with E-state index in [9.17, 15) is 31.1 Å². The standard InChI is InChI=1S/C19H17F6N7O/c20-12-1-2-13(14(7-12)31-30-5-4-26)16(33)32-6-3-18(21,22)15(32)10-29-17-27-8-11(9-28-17)19(23,24)25/h1-2,4-5,7-9,15,26,31H,3,6,10H2,(H,27,28,29)/b26-4?,30-5-. The third kappa shape index (κ3) is 5.56. The van der Waals surface area contributed by atoms with Crippen LogP contribution in [0.1, 0.15) is 22.3 Å². The van der Waals surface area contributed by atoms with Gasteiger partial charge < -0.3 is 15.6 Å². The van der Waals surface area contributed by atoms with Crippen molar-refractivity contribution in [3.05, 3.63) is 47.5 Å². The molecule has 0 saturated carbocycles. The number of hydrogen-bond donors (Lipinski definition) is 3. The molecular formula is C19H17F6N7O. The van der Waals surface area contributed by atoms with Gasteiger partial charge in [-0.05, 0) is 18.2 Å². The molecule has 176 valence electrons. The van der Waals surface area contributed by atoms with Crippen LogP contribution < -0.4 is 10.7 Å². The van der Waals surface area contributed by atoms with Gasteiger partial charge in [0.15, 0.2) is 0 Å². The summed E-state index contributed by atoms with van der Waals surface area (Å²) in [5, 5.41) is 12.9. The zero-order chi connectivity index (χ0) is 24.2. The van der Waals surface area contributed by atoms with Crippen molar-refractivity contribution >= 4 is 30.0 Å². The van der Waals surface area contributed by atoms with Crippen molar-refractivity contribution in [3.8, 4) is 0 Å². The van der Waals surface area contributed by atoms with E-state index < -0.39 is 48.4 Å². The Morgan fingerprint density at radius 2 is 2.00 bits per heavy atom. The van der Waals surface area contributed by atoms with Gasteiger partial charge in [0.25, 0.3) is 11.8 Å². The smallest absolute Gasteiger partial charge is 0.352 e. The normalized spacial score (nSPS) is 17.9. The van der Waals surface area contributed by atoms with Crippen LogP contribution in [0.15, 0.2) is 35.7 Å². The van der Waals surface area contributed by atoms with Crippen molar-refractivity contribution in [2.45, 2.75) is 24.6 Å². The van der Waals surface area contributed by atoms with Crippen LogP contribution in [0.3, 0.4) is 0 Å². The lowest BCUT2D eigenvalue weighted by atomic mass is 10.1. The maximum atomic E-state index is 14.5. The number of rotatable bonds is 7. The number of nitrogens with one attached hydrogen (secondary N) is 3.